The minimum absolute atomic E-state index is 0.0332. The number of allylic oxidation sites excluding steroid dienone is 1. The molecule has 0 fully saturated rings. The lowest BCUT2D eigenvalue weighted by Crippen LogP contribution is -2.41. The van der Waals surface area contributed by atoms with Crippen LogP contribution in [0.1, 0.15) is 168 Å². The van der Waals surface area contributed by atoms with Gasteiger partial charge in [0.2, 0.25) is 5.91 Å². The van der Waals surface area contributed by atoms with Crippen LogP contribution in [-0.4, -0.2) is 73.0 Å². The Labute approximate surface area is 276 Å². The lowest BCUT2D eigenvalue weighted by molar-refractivity contribution is -0.136. The number of rotatable bonds is 33. The predicted octanol–water partition coefficient (Wildman–Crippen LogP) is 10.8. The Bertz CT molecular complexity index is 685. The molecule has 3 atom stereocenters. The van der Waals surface area contributed by atoms with Gasteiger partial charge in [0.1, 0.15) is 6.10 Å². The molecule has 0 saturated heterocycles. The number of hydrogen-bond donors (Lipinski definition) is 1. The van der Waals surface area contributed by atoms with Crippen molar-refractivity contribution in [3.63, 3.8) is 0 Å². The lowest BCUT2D eigenvalue weighted by atomic mass is 9.99. The summed E-state index contributed by atoms with van der Waals surface area (Å²) in [6.45, 7) is 8.25. The van der Waals surface area contributed by atoms with Crippen LogP contribution in [0.25, 0.3) is 0 Å². The Morgan fingerprint density at radius 3 is 1.64 bits per heavy atom. The molecule has 0 spiro atoms. The first-order valence-corrected chi connectivity index (χ1v) is 20.6. The molecule has 0 aliphatic carbocycles. The summed E-state index contributed by atoms with van der Waals surface area (Å²) in [7, 11) is 2.48. The van der Waals surface area contributed by atoms with E-state index in [1.54, 1.807) is 0 Å². The summed E-state index contributed by atoms with van der Waals surface area (Å²) in [5.74, 6) is 0.112. The molecule has 1 amide bonds. The molecule has 0 bridgehead atoms. The second-order valence-corrected chi connectivity index (χ2v) is 15.5. The highest BCUT2D eigenvalue weighted by Gasteiger charge is 2.27. The molecule has 0 heterocycles. The summed E-state index contributed by atoms with van der Waals surface area (Å²) >= 11 is 0. The van der Waals surface area contributed by atoms with Gasteiger partial charge in [-0.3, -0.25) is 4.79 Å². The summed E-state index contributed by atoms with van der Waals surface area (Å²) in [5.41, 5.74) is 0. The van der Waals surface area contributed by atoms with Crippen molar-refractivity contribution in [1.82, 2.24) is 9.80 Å². The molecule has 1 N–H and O–H groups in total. The van der Waals surface area contributed by atoms with E-state index in [9.17, 15) is 14.5 Å². The number of carbonyl (C=O) groups excluding carboxylic acids is 1. The van der Waals surface area contributed by atoms with Crippen molar-refractivity contribution >= 4 is 13.7 Å². The van der Waals surface area contributed by atoms with Gasteiger partial charge in [-0.25, -0.2) is 0 Å². The first-order chi connectivity index (χ1) is 21.3. The van der Waals surface area contributed by atoms with E-state index < -0.39 is 13.9 Å². The Kier molecular flexibility index (Phi) is 31.6. The molecule has 0 rings (SSSR count). The predicted molar refractivity (Wildman–Crippen MR) is 194 cm³/mol. The first-order valence-electron chi connectivity index (χ1n) is 19.0. The monoisotopic (exact) mass is 640 g/mol. The maximum atomic E-state index is 13.4. The fourth-order valence-electron chi connectivity index (χ4n) is 5.83. The molecule has 44 heavy (non-hydrogen) atoms. The van der Waals surface area contributed by atoms with Crippen LogP contribution < -0.4 is 0 Å². The molecule has 0 aromatic rings. The van der Waals surface area contributed by atoms with Gasteiger partial charge in [-0.2, -0.15) is 0 Å². The fraction of sp³-hybridized carbons (Fsp3) is 0.921. The second kappa shape index (κ2) is 32.2. The molecule has 0 aliphatic rings. The topological polar surface area (TPSA) is 60.9 Å². The SMILES string of the molecule is CCCCCCCCC=CCCN(CC(O)C[P+](=O)CCN(C)C)C(=O)C(C)CCCCCCCCCCCCCCCC. The highest BCUT2D eigenvalue weighted by Crippen LogP contribution is 2.22. The van der Waals surface area contributed by atoms with Gasteiger partial charge in [0.05, 0.1) is 6.54 Å². The Balaban J connectivity index is 4.42. The average Bonchev–Trinajstić information content (AvgIpc) is 3.00. The van der Waals surface area contributed by atoms with Crippen LogP contribution in [0.2, 0.25) is 0 Å². The number of aliphatic hydroxyl groups excluding tert-OH is 1. The zero-order chi connectivity index (χ0) is 32.7. The van der Waals surface area contributed by atoms with Crippen molar-refractivity contribution in [2.45, 2.75) is 175 Å². The van der Waals surface area contributed by atoms with Crippen LogP contribution in [0.4, 0.5) is 0 Å². The van der Waals surface area contributed by atoms with E-state index in [1.807, 2.05) is 23.9 Å². The van der Waals surface area contributed by atoms with Gasteiger partial charge in [0.25, 0.3) is 0 Å². The summed E-state index contributed by atoms with van der Waals surface area (Å²) in [5, 5.41) is 10.7. The van der Waals surface area contributed by atoms with Crippen LogP contribution >= 0.6 is 7.80 Å². The van der Waals surface area contributed by atoms with Crippen molar-refractivity contribution < 1.29 is 14.5 Å². The smallest absolute Gasteiger partial charge is 0.342 e. The van der Waals surface area contributed by atoms with E-state index in [0.717, 1.165) is 32.2 Å². The first kappa shape index (κ1) is 43.2. The van der Waals surface area contributed by atoms with E-state index in [-0.39, 0.29) is 24.5 Å². The molecular formula is C38H76N2O3P+. The number of amides is 1. The maximum Gasteiger partial charge on any atom is 0.342 e. The van der Waals surface area contributed by atoms with Gasteiger partial charge in [-0.15, -0.1) is 0 Å². The highest BCUT2D eigenvalue weighted by molar-refractivity contribution is 7.44. The van der Waals surface area contributed by atoms with Gasteiger partial charge in [-0.1, -0.05) is 159 Å². The quantitative estimate of drug-likeness (QED) is 0.0441. The molecule has 6 heteroatoms. The lowest BCUT2D eigenvalue weighted by Gasteiger charge is -2.27. The molecule has 260 valence electrons. The average molecular weight is 640 g/mol. The van der Waals surface area contributed by atoms with Gasteiger partial charge in [0.15, 0.2) is 12.3 Å². The van der Waals surface area contributed by atoms with Crippen molar-refractivity contribution in [1.29, 1.82) is 0 Å². The van der Waals surface area contributed by atoms with Crippen LogP contribution in [0.5, 0.6) is 0 Å². The van der Waals surface area contributed by atoms with Gasteiger partial charge >= 0.3 is 7.80 Å². The zero-order valence-corrected chi connectivity index (χ0v) is 31.1. The van der Waals surface area contributed by atoms with Crippen LogP contribution in [0, 0.1) is 5.92 Å². The van der Waals surface area contributed by atoms with Gasteiger partial charge < -0.3 is 14.9 Å². The number of unbranched alkanes of at least 4 members (excludes halogenated alkanes) is 19. The summed E-state index contributed by atoms with van der Waals surface area (Å²) < 4.78 is 12.5. The Morgan fingerprint density at radius 2 is 1.14 bits per heavy atom. The third-order valence-corrected chi connectivity index (χ3v) is 10.4. The number of nitrogens with zero attached hydrogens (tertiary/aromatic N) is 2. The zero-order valence-electron chi connectivity index (χ0n) is 30.2. The van der Waals surface area contributed by atoms with E-state index in [4.69, 9.17) is 0 Å². The Morgan fingerprint density at radius 1 is 0.682 bits per heavy atom. The normalized spacial score (nSPS) is 13.6. The van der Waals surface area contributed by atoms with Gasteiger partial charge in [0, 0.05) is 19.0 Å². The Hall–Kier alpha value is -0.770. The summed E-state index contributed by atoms with van der Waals surface area (Å²) in [6.07, 6.45) is 34.0. The molecule has 5 nitrogen and oxygen atoms in total. The fourth-order valence-corrected chi connectivity index (χ4v) is 7.22. The molecular weight excluding hydrogens is 563 g/mol. The van der Waals surface area contributed by atoms with Gasteiger partial charge in [-0.05, 0) is 39.8 Å². The van der Waals surface area contributed by atoms with Crippen molar-refractivity contribution in [3.8, 4) is 0 Å². The van der Waals surface area contributed by atoms with E-state index in [2.05, 4.69) is 32.9 Å². The summed E-state index contributed by atoms with van der Waals surface area (Å²) in [6, 6.07) is 0. The minimum Gasteiger partial charge on any atom is -0.387 e. The van der Waals surface area contributed by atoms with E-state index in [1.165, 1.54) is 122 Å². The van der Waals surface area contributed by atoms with E-state index >= 15 is 0 Å². The molecule has 0 aromatic heterocycles. The molecule has 0 aliphatic heterocycles. The number of aliphatic hydroxyl groups is 1. The number of carbonyl (C=O) groups is 1. The largest absolute Gasteiger partial charge is 0.387 e. The molecule has 3 unspecified atom stereocenters. The standard InChI is InChI=1S/C38H76N2O3P/c1-6-8-10-12-14-16-18-19-20-21-22-24-26-28-30-36(3)38(42)40(34-37(41)35-44(43)33-32-39(4)5)31-29-27-25-23-17-15-13-11-9-7-2/h25,27,36-37,41H,6-24,26,28-35H2,1-5H3/q+1. The van der Waals surface area contributed by atoms with Crippen molar-refractivity contribution in [3.05, 3.63) is 12.2 Å². The van der Waals surface area contributed by atoms with Crippen LogP contribution in [0.3, 0.4) is 0 Å². The molecule has 0 saturated carbocycles. The van der Waals surface area contributed by atoms with E-state index in [0.29, 0.717) is 12.7 Å². The third kappa shape index (κ3) is 28.7. The summed E-state index contributed by atoms with van der Waals surface area (Å²) in [4.78, 5) is 17.3. The highest BCUT2D eigenvalue weighted by atomic mass is 31.1. The second-order valence-electron chi connectivity index (χ2n) is 13.7. The van der Waals surface area contributed by atoms with Crippen molar-refractivity contribution in [2.75, 3.05) is 46.1 Å². The number of hydrogen-bond acceptors (Lipinski definition) is 4. The van der Waals surface area contributed by atoms with Crippen molar-refractivity contribution in [2.24, 2.45) is 5.92 Å². The third-order valence-electron chi connectivity index (χ3n) is 8.82. The maximum absolute atomic E-state index is 13.4. The molecule has 0 aromatic carbocycles. The minimum atomic E-state index is -1.47. The van der Waals surface area contributed by atoms with Crippen LogP contribution in [-0.2, 0) is 9.36 Å². The van der Waals surface area contributed by atoms with Crippen LogP contribution in [0.15, 0.2) is 12.2 Å². The molecule has 0 radical (unpaired) electrons.